The number of para-hydroxylation sites is 1. The van der Waals surface area contributed by atoms with Crippen LogP contribution in [0.3, 0.4) is 0 Å². The molecule has 0 spiro atoms. The minimum Gasteiger partial charge on any atom is -0.444 e. The van der Waals surface area contributed by atoms with Gasteiger partial charge >= 0.3 is 6.09 Å². The number of ketones is 1. The first-order valence-electron chi connectivity index (χ1n) is 8.63. The normalized spacial score (nSPS) is 12.8. The number of unbranched alkanes of at least 4 members (excludes halogenated alkanes) is 1. The quantitative estimate of drug-likeness (QED) is 0.567. The molecule has 2 aromatic rings. The van der Waals surface area contributed by atoms with Gasteiger partial charge in [-0.1, -0.05) is 25.5 Å². The zero-order valence-corrected chi connectivity index (χ0v) is 16.1. The average Bonchev–Trinajstić information content (AvgIpc) is 2.95. The molecule has 0 unspecified atom stereocenters. The maximum Gasteiger partial charge on any atom is 0.407 e. The van der Waals surface area contributed by atoms with E-state index in [1.54, 1.807) is 0 Å². The van der Waals surface area contributed by atoms with Gasteiger partial charge in [-0.05, 0) is 45.7 Å². The van der Waals surface area contributed by atoms with Gasteiger partial charge < -0.3 is 10.1 Å². The van der Waals surface area contributed by atoms with Crippen LogP contribution in [0.5, 0.6) is 0 Å². The van der Waals surface area contributed by atoms with Gasteiger partial charge in [0.15, 0.2) is 10.8 Å². The van der Waals surface area contributed by atoms with Gasteiger partial charge in [0.05, 0.1) is 10.2 Å². The van der Waals surface area contributed by atoms with Crippen molar-refractivity contribution in [1.29, 1.82) is 0 Å². The van der Waals surface area contributed by atoms with Crippen molar-refractivity contribution in [1.82, 2.24) is 10.3 Å². The van der Waals surface area contributed by atoms with Gasteiger partial charge in [-0.2, -0.15) is 0 Å². The Morgan fingerprint density at radius 1 is 1.24 bits per heavy atom. The lowest BCUT2D eigenvalue weighted by atomic mass is 10.00. The molecule has 0 saturated carbocycles. The Balaban J connectivity index is 1.72. The third kappa shape index (κ3) is 6.12. The topological polar surface area (TPSA) is 68.3 Å². The summed E-state index contributed by atoms with van der Waals surface area (Å²) >= 11 is 1.45. The number of carbonyl (C=O) groups is 2. The van der Waals surface area contributed by atoms with E-state index in [2.05, 4.69) is 10.3 Å². The molecule has 136 valence electrons. The molecule has 1 N–H and O–H groups in total. The van der Waals surface area contributed by atoms with Crippen molar-refractivity contribution in [2.24, 2.45) is 5.92 Å². The number of nitrogens with zero attached hydrogens (tertiary/aromatic N) is 1. The van der Waals surface area contributed by atoms with Crippen molar-refractivity contribution >= 4 is 33.4 Å². The molecule has 1 aromatic heterocycles. The standard InChI is InChI=1S/C19H26N2O3S/c1-13(9-7-8-12-20-18(23)24-19(2,3)4)16(22)17-21-14-10-5-6-11-15(14)25-17/h5-6,10-11,13H,7-9,12H2,1-4H3,(H,20,23)/t13-/m0/s1. The molecule has 6 heteroatoms. The molecule has 1 aromatic carbocycles. The number of thiazole rings is 1. The zero-order chi connectivity index (χ0) is 18.4. The summed E-state index contributed by atoms with van der Waals surface area (Å²) in [5.41, 5.74) is 0.395. The Bertz CT molecular complexity index is 701. The Kier molecular flexibility index (Phi) is 6.53. The van der Waals surface area contributed by atoms with Gasteiger partial charge in [-0.25, -0.2) is 9.78 Å². The summed E-state index contributed by atoms with van der Waals surface area (Å²) in [5, 5.41) is 3.32. The first-order valence-corrected chi connectivity index (χ1v) is 9.44. The highest BCUT2D eigenvalue weighted by molar-refractivity contribution is 7.20. The smallest absolute Gasteiger partial charge is 0.407 e. The summed E-state index contributed by atoms with van der Waals surface area (Å²) in [5.74, 6) is 0.0309. The SMILES string of the molecule is C[C@@H](CCCCNC(=O)OC(C)(C)C)C(=O)c1nc2ccccc2s1. The Morgan fingerprint density at radius 2 is 1.96 bits per heavy atom. The van der Waals surface area contributed by atoms with Crippen molar-refractivity contribution in [3.05, 3.63) is 29.3 Å². The monoisotopic (exact) mass is 362 g/mol. The maximum atomic E-state index is 12.5. The number of fused-ring (bicyclic) bond motifs is 1. The molecule has 0 saturated heterocycles. The third-order valence-electron chi connectivity index (χ3n) is 3.68. The summed E-state index contributed by atoms with van der Waals surface area (Å²) < 4.78 is 6.22. The minimum atomic E-state index is -0.484. The van der Waals surface area contributed by atoms with Crippen LogP contribution in [0.2, 0.25) is 0 Å². The minimum absolute atomic E-state index is 0.0675. The van der Waals surface area contributed by atoms with Crippen LogP contribution in [-0.4, -0.2) is 29.0 Å². The number of rotatable bonds is 7. The first kappa shape index (κ1) is 19.4. The van der Waals surface area contributed by atoms with E-state index >= 15 is 0 Å². The van der Waals surface area contributed by atoms with Crippen molar-refractivity contribution in [3.8, 4) is 0 Å². The van der Waals surface area contributed by atoms with Gasteiger partial charge in [0.2, 0.25) is 0 Å². The molecular formula is C19H26N2O3S. The van der Waals surface area contributed by atoms with Crippen LogP contribution in [0.4, 0.5) is 4.79 Å². The van der Waals surface area contributed by atoms with Crippen LogP contribution in [0.15, 0.2) is 24.3 Å². The fourth-order valence-electron chi connectivity index (χ4n) is 2.40. The predicted molar refractivity (Wildman–Crippen MR) is 101 cm³/mol. The molecule has 0 aliphatic carbocycles. The molecule has 1 atom stereocenters. The molecule has 0 bridgehead atoms. The lowest BCUT2D eigenvalue weighted by Gasteiger charge is -2.19. The fourth-order valence-corrected chi connectivity index (χ4v) is 3.42. The second kappa shape index (κ2) is 8.43. The zero-order valence-electron chi connectivity index (χ0n) is 15.3. The van der Waals surface area contributed by atoms with E-state index in [0.29, 0.717) is 11.6 Å². The lowest BCUT2D eigenvalue weighted by molar-refractivity contribution is 0.0526. The number of nitrogens with one attached hydrogen (secondary N) is 1. The Morgan fingerprint density at radius 3 is 2.64 bits per heavy atom. The third-order valence-corrected chi connectivity index (χ3v) is 4.74. The van der Waals surface area contributed by atoms with Crippen LogP contribution in [-0.2, 0) is 4.74 Å². The average molecular weight is 362 g/mol. The second-order valence-electron chi connectivity index (χ2n) is 7.18. The molecule has 1 heterocycles. The van der Waals surface area contributed by atoms with E-state index in [0.717, 1.165) is 29.5 Å². The maximum absolute atomic E-state index is 12.5. The number of Topliss-reactive ketones (excluding diaryl/α,β-unsaturated/α-hetero) is 1. The van der Waals surface area contributed by atoms with Gasteiger partial charge in [0.25, 0.3) is 0 Å². The van der Waals surface area contributed by atoms with Crippen molar-refractivity contribution < 1.29 is 14.3 Å². The van der Waals surface area contributed by atoms with Crippen LogP contribution < -0.4 is 5.32 Å². The van der Waals surface area contributed by atoms with Gasteiger partial charge in [-0.15, -0.1) is 11.3 Å². The summed E-state index contributed by atoms with van der Waals surface area (Å²) in [6.45, 7) is 8.00. The van der Waals surface area contributed by atoms with Gasteiger partial charge in [0, 0.05) is 12.5 Å². The summed E-state index contributed by atoms with van der Waals surface area (Å²) in [4.78, 5) is 28.5. The molecule has 0 radical (unpaired) electrons. The van der Waals surface area contributed by atoms with Crippen molar-refractivity contribution in [2.45, 2.75) is 52.6 Å². The second-order valence-corrected chi connectivity index (χ2v) is 8.21. The Hall–Kier alpha value is -1.95. The largest absolute Gasteiger partial charge is 0.444 e. The summed E-state index contributed by atoms with van der Waals surface area (Å²) in [6, 6.07) is 7.79. The molecule has 1 amide bonds. The number of ether oxygens (including phenoxy) is 1. The number of hydrogen-bond acceptors (Lipinski definition) is 5. The number of hydrogen-bond donors (Lipinski definition) is 1. The van der Waals surface area contributed by atoms with E-state index in [9.17, 15) is 9.59 Å². The fraction of sp³-hybridized carbons (Fsp3) is 0.526. The molecule has 25 heavy (non-hydrogen) atoms. The molecular weight excluding hydrogens is 336 g/mol. The number of benzene rings is 1. The summed E-state index contributed by atoms with van der Waals surface area (Å²) in [6.07, 6.45) is 2.07. The molecule has 0 fully saturated rings. The molecule has 2 rings (SSSR count). The summed E-state index contributed by atoms with van der Waals surface area (Å²) in [7, 11) is 0. The number of alkyl carbamates (subject to hydrolysis) is 1. The van der Waals surface area contributed by atoms with Crippen LogP contribution in [0, 0.1) is 5.92 Å². The number of carbonyl (C=O) groups excluding carboxylic acids is 2. The number of amides is 1. The molecule has 5 nitrogen and oxygen atoms in total. The van der Waals surface area contributed by atoms with E-state index < -0.39 is 11.7 Å². The number of aromatic nitrogens is 1. The lowest BCUT2D eigenvalue weighted by Crippen LogP contribution is -2.33. The first-order chi connectivity index (χ1) is 11.8. The van der Waals surface area contributed by atoms with E-state index in [1.807, 2.05) is 52.0 Å². The van der Waals surface area contributed by atoms with E-state index in [-0.39, 0.29) is 11.7 Å². The highest BCUT2D eigenvalue weighted by atomic mass is 32.1. The van der Waals surface area contributed by atoms with Crippen LogP contribution in [0.25, 0.3) is 10.2 Å². The van der Waals surface area contributed by atoms with E-state index in [4.69, 9.17) is 4.74 Å². The van der Waals surface area contributed by atoms with E-state index in [1.165, 1.54) is 11.3 Å². The highest BCUT2D eigenvalue weighted by Crippen LogP contribution is 2.25. The highest BCUT2D eigenvalue weighted by Gasteiger charge is 2.19. The van der Waals surface area contributed by atoms with Crippen molar-refractivity contribution in [2.75, 3.05) is 6.54 Å². The van der Waals surface area contributed by atoms with Gasteiger partial charge in [-0.3, -0.25) is 4.79 Å². The van der Waals surface area contributed by atoms with Gasteiger partial charge in [0.1, 0.15) is 5.60 Å². The molecule has 0 aliphatic rings. The molecule has 0 aliphatic heterocycles. The Labute approximate surface area is 152 Å². The van der Waals surface area contributed by atoms with Crippen LogP contribution in [0.1, 0.15) is 56.8 Å². The van der Waals surface area contributed by atoms with Crippen molar-refractivity contribution in [3.63, 3.8) is 0 Å². The predicted octanol–water partition coefficient (Wildman–Crippen LogP) is 4.81. The van der Waals surface area contributed by atoms with Crippen LogP contribution >= 0.6 is 11.3 Å².